The number of hydrogen-bond donors (Lipinski definition) is 2. The van der Waals surface area contributed by atoms with Crippen LogP contribution in [0.1, 0.15) is 36.0 Å². The summed E-state index contributed by atoms with van der Waals surface area (Å²) in [4.78, 5) is 15.7. The van der Waals surface area contributed by atoms with Gasteiger partial charge in [0, 0.05) is 24.4 Å². The summed E-state index contributed by atoms with van der Waals surface area (Å²) in [5, 5.41) is 3.09. The van der Waals surface area contributed by atoms with E-state index >= 15 is 0 Å². The van der Waals surface area contributed by atoms with Gasteiger partial charge in [-0.1, -0.05) is 0 Å². The molecular formula is C16H18N2O4S. The number of benzene rings is 1. The molecule has 122 valence electrons. The first-order valence-corrected chi connectivity index (χ1v) is 8.26. The van der Waals surface area contributed by atoms with Gasteiger partial charge in [-0.15, -0.1) is 0 Å². The molecule has 1 aromatic heterocycles. The van der Waals surface area contributed by atoms with Crippen LogP contribution in [0.4, 0.5) is 0 Å². The number of aromatic nitrogens is 1. The maximum atomic E-state index is 12.4. The van der Waals surface area contributed by atoms with E-state index in [9.17, 15) is 4.79 Å². The van der Waals surface area contributed by atoms with Crippen molar-refractivity contribution in [3.63, 3.8) is 0 Å². The number of aromatic amines is 1. The third kappa shape index (κ3) is 2.91. The predicted molar refractivity (Wildman–Crippen MR) is 85.8 cm³/mol. The normalized spacial score (nSPS) is 21.0. The van der Waals surface area contributed by atoms with E-state index in [1.165, 1.54) is 0 Å². The fraction of sp³-hybridized carbons (Fsp3) is 0.500. The van der Waals surface area contributed by atoms with Crippen LogP contribution in [-0.2, 0) is 9.47 Å². The first-order chi connectivity index (χ1) is 11.1. The predicted octanol–water partition coefficient (Wildman–Crippen LogP) is 2.91. The highest BCUT2D eigenvalue weighted by molar-refractivity contribution is 7.71. The fourth-order valence-electron chi connectivity index (χ4n) is 3.34. The molecule has 4 rings (SSSR count). The molecule has 1 aromatic carbocycles. The summed E-state index contributed by atoms with van der Waals surface area (Å²) in [6, 6.07) is 5.44. The summed E-state index contributed by atoms with van der Waals surface area (Å²) < 4.78 is 16.8. The Morgan fingerprint density at radius 3 is 2.74 bits per heavy atom. The first kappa shape index (κ1) is 14.9. The van der Waals surface area contributed by atoms with E-state index in [1.54, 1.807) is 18.2 Å². The van der Waals surface area contributed by atoms with Gasteiger partial charge < -0.3 is 24.2 Å². The average molecular weight is 334 g/mol. The highest BCUT2D eigenvalue weighted by atomic mass is 32.1. The molecule has 1 saturated heterocycles. The van der Waals surface area contributed by atoms with Crippen LogP contribution in [0.5, 0.6) is 0 Å². The molecular weight excluding hydrogens is 316 g/mol. The summed E-state index contributed by atoms with van der Waals surface area (Å²) >= 11 is 4.96. The summed E-state index contributed by atoms with van der Waals surface area (Å²) in [7, 11) is 0. The third-order valence-electron chi connectivity index (χ3n) is 4.58. The Balaban J connectivity index is 1.42. The molecule has 1 spiro atoms. The van der Waals surface area contributed by atoms with E-state index in [-0.39, 0.29) is 11.9 Å². The maximum absolute atomic E-state index is 12.4. The Kier molecular flexibility index (Phi) is 3.71. The Hall–Kier alpha value is -1.70. The molecule has 23 heavy (non-hydrogen) atoms. The number of carbonyl (C=O) groups is 1. The van der Waals surface area contributed by atoms with Gasteiger partial charge >= 0.3 is 0 Å². The maximum Gasteiger partial charge on any atom is 0.266 e. The van der Waals surface area contributed by atoms with Crippen molar-refractivity contribution in [2.75, 3.05) is 13.2 Å². The van der Waals surface area contributed by atoms with Crippen LogP contribution < -0.4 is 5.32 Å². The summed E-state index contributed by atoms with van der Waals surface area (Å²) in [6.45, 7) is 1.34. The molecule has 2 aromatic rings. The second-order valence-corrected chi connectivity index (χ2v) is 6.45. The molecule has 1 saturated carbocycles. The van der Waals surface area contributed by atoms with Crippen LogP contribution in [0, 0.1) is 4.84 Å². The topological polar surface area (TPSA) is 76.5 Å². The van der Waals surface area contributed by atoms with Crippen LogP contribution in [0.25, 0.3) is 11.1 Å². The molecule has 0 bridgehead atoms. The van der Waals surface area contributed by atoms with Crippen molar-refractivity contribution in [2.45, 2.75) is 37.5 Å². The standard InChI is InChI=1S/C16H18N2O4S/c19-14(10-1-2-12-13(9-10)22-15(23)18-12)17-11-3-5-16(6-4-11)20-7-8-21-16/h1-2,9,11H,3-8H2,(H,17,19)(H,18,23). The van der Waals surface area contributed by atoms with Gasteiger partial charge in [0.25, 0.3) is 10.7 Å². The molecule has 0 radical (unpaired) electrons. The second kappa shape index (κ2) is 5.74. The molecule has 2 heterocycles. The number of nitrogens with one attached hydrogen (secondary N) is 2. The molecule has 7 heteroatoms. The highest BCUT2D eigenvalue weighted by Gasteiger charge is 2.40. The molecule has 0 atom stereocenters. The summed E-state index contributed by atoms with van der Waals surface area (Å²) in [6.07, 6.45) is 3.37. The lowest BCUT2D eigenvalue weighted by Gasteiger charge is -2.35. The monoisotopic (exact) mass is 334 g/mol. The number of H-pyrrole nitrogens is 1. The van der Waals surface area contributed by atoms with Crippen molar-refractivity contribution in [2.24, 2.45) is 0 Å². The minimum atomic E-state index is -0.399. The van der Waals surface area contributed by atoms with Crippen molar-refractivity contribution >= 4 is 29.2 Å². The van der Waals surface area contributed by atoms with E-state index in [2.05, 4.69) is 10.3 Å². The van der Waals surface area contributed by atoms with E-state index in [0.717, 1.165) is 31.2 Å². The third-order valence-corrected chi connectivity index (χ3v) is 4.76. The molecule has 0 unspecified atom stereocenters. The van der Waals surface area contributed by atoms with Gasteiger partial charge in [-0.25, -0.2) is 0 Å². The van der Waals surface area contributed by atoms with Crippen molar-refractivity contribution in [3.05, 3.63) is 28.6 Å². The van der Waals surface area contributed by atoms with Crippen molar-refractivity contribution < 1.29 is 18.7 Å². The van der Waals surface area contributed by atoms with Crippen molar-refractivity contribution in [1.29, 1.82) is 0 Å². The van der Waals surface area contributed by atoms with Crippen molar-refractivity contribution in [1.82, 2.24) is 10.3 Å². The van der Waals surface area contributed by atoms with Gasteiger partial charge in [0.1, 0.15) is 0 Å². The SMILES string of the molecule is O=C(NC1CCC2(CC1)OCCO2)c1ccc2[nH]c(=S)oc2c1. The second-order valence-electron chi connectivity index (χ2n) is 6.08. The summed E-state index contributed by atoms with van der Waals surface area (Å²) in [5.74, 6) is -0.493. The molecule has 6 nitrogen and oxygen atoms in total. The lowest BCUT2D eigenvalue weighted by Crippen LogP contribution is -2.44. The Morgan fingerprint density at radius 2 is 2.00 bits per heavy atom. The number of fused-ring (bicyclic) bond motifs is 1. The van der Waals surface area contributed by atoms with Crippen LogP contribution in [-0.4, -0.2) is 35.9 Å². The molecule has 2 N–H and O–H groups in total. The highest BCUT2D eigenvalue weighted by Crippen LogP contribution is 2.35. The quantitative estimate of drug-likeness (QED) is 0.826. The van der Waals surface area contributed by atoms with Crippen LogP contribution in [0.3, 0.4) is 0 Å². The van der Waals surface area contributed by atoms with Crippen LogP contribution >= 0.6 is 12.2 Å². The number of rotatable bonds is 2. The van der Waals surface area contributed by atoms with E-state index in [4.69, 9.17) is 26.1 Å². The lowest BCUT2D eigenvalue weighted by atomic mass is 9.90. The number of carbonyl (C=O) groups excluding carboxylic acids is 1. The summed E-state index contributed by atoms with van der Waals surface area (Å²) in [5.41, 5.74) is 1.96. The zero-order chi connectivity index (χ0) is 15.9. The van der Waals surface area contributed by atoms with Gasteiger partial charge in [0.05, 0.1) is 18.7 Å². The van der Waals surface area contributed by atoms with E-state index in [0.29, 0.717) is 29.2 Å². The van der Waals surface area contributed by atoms with Gasteiger partial charge in [0.15, 0.2) is 11.4 Å². The fourth-order valence-corrected chi connectivity index (χ4v) is 3.54. The smallest absolute Gasteiger partial charge is 0.266 e. The minimum Gasteiger partial charge on any atom is -0.429 e. The van der Waals surface area contributed by atoms with Crippen LogP contribution in [0.2, 0.25) is 0 Å². The van der Waals surface area contributed by atoms with E-state index < -0.39 is 5.79 Å². The largest absolute Gasteiger partial charge is 0.429 e. The molecule has 1 amide bonds. The number of amides is 1. The van der Waals surface area contributed by atoms with Crippen LogP contribution in [0.15, 0.2) is 22.6 Å². The minimum absolute atomic E-state index is 0.0940. The average Bonchev–Trinajstić information content (AvgIpc) is 3.14. The number of ether oxygens (including phenoxy) is 2. The van der Waals surface area contributed by atoms with Gasteiger partial charge in [0.2, 0.25) is 0 Å². The Labute approximate surface area is 138 Å². The Morgan fingerprint density at radius 1 is 1.26 bits per heavy atom. The molecule has 2 fully saturated rings. The number of hydrogen-bond acceptors (Lipinski definition) is 5. The molecule has 1 aliphatic heterocycles. The molecule has 1 aliphatic carbocycles. The molecule has 2 aliphatic rings. The Bertz CT molecular complexity index is 781. The number of oxazole rings is 1. The lowest BCUT2D eigenvalue weighted by molar-refractivity contribution is -0.179. The first-order valence-electron chi connectivity index (χ1n) is 7.85. The van der Waals surface area contributed by atoms with Crippen molar-refractivity contribution in [3.8, 4) is 0 Å². The van der Waals surface area contributed by atoms with Gasteiger partial charge in [-0.2, -0.15) is 0 Å². The van der Waals surface area contributed by atoms with E-state index in [1.807, 2.05) is 0 Å². The zero-order valence-corrected chi connectivity index (χ0v) is 13.4. The van der Waals surface area contributed by atoms with Gasteiger partial charge in [-0.05, 0) is 43.3 Å². The van der Waals surface area contributed by atoms with Gasteiger partial charge in [-0.3, -0.25) is 4.79 Å². The zero-order valence-electron chi connectivity index (χ0n) is 12.6.